The van der Waals surface area contributed by atoms with Crippen LogP contribution in [0.15, 0.2) is 5.16 Å². The molecule has 1 N–H and O–H groups in total. The number of aromatic nitrogens is 3. The van der Waals surface area contributed by atoms with E-state index in [0.29, 0.717) is 17.2 Å². The molecule has 0 aliphatic heterocycles. The molecule has 20 heavy (non-hydrogen) atoms. The van der Waals surface area contributed by atoms with E-state index in [0.717, 1.165) is 24.0 Å². The van der Waals surface area contributed by atoms with Gasteiger partial charge in [-0.25, -0.2) is 0 Å². The van der Waals surface area contributed by atoms with Gasteiger partial charge in [0.25, 0.3) is 0 Å². The number of nitrogens with one attached hydrogen (secondary N) is 1. The van der Waals surface area contributed by atoms with Crippen LogP contribution >= 0.6 is 11.8 Å². The van der Waals surface area contributed by atoms with E-state index in [2.05, 4.69) is 34.1 Å². The van der Waals surface area contributed by atoms with Crippen LogP contribution in [0.3, 0.4) is 0 Å². The van der Waals surface area contributed by atoms with E-state index < -0.39 is 0 Å². The maximum absolute atomic E-state index is 5.17. The van der Waals surface area contributed by atoms with Crippen LogP contribution in [-0.4, -0.2) is 33.9 Å². The van der Waals surface area contributed by atoms with Crippen molar-refractivity contribution in [2.45, 2.75) is 56.4 Å². The number of hydrogen-bond donors (Lipinski definition) is 1. The number of thioether (sulfide) groups is 1. The molecule has 6 heteroatoms. The molecule has 112 valence electrons. The molecule has 1 aromatic heterocycles. The molecule has 0 spiro atoms. The third-order valence-electron chi connectivity index (χ3n) is 3.47. The first-order chi connectivity index (χ1) is 9.71. The summed E-state index contributed by atoms with van der Waals surface area (Å²) in [5, 5.41) is 4.59. The van der Waals surface area contributed by atoms with Gasteiger partial charge in [0.05, 0.1) is 7.11 Å². The van der Waals surface area contributed by atoms with Crippen LogP contribution in [0, 0.1) is 5.92 Å². The largest absolute Gasteiger partial charge is 0.467 e. The van der Waals surface area contributed by atoms with Crippen molar-refractivity contribution in [1.82, 2.24) is 15.0 Å². The van der Waals surface area contributed by atoms with Crippen molar-refractivity contribution in [3.05, 3.63) is 0 Å². The minimum absolute atomic E-state index is 0.393. The minimum Gasteiger partial charge on any atom is -0.467 e. The van der Waals surface area contributed by atoms with Crippen LogP contribution in [0.1, 0.15) is 46.0 Å². The van der Waals surface area contributed by atoms with Gasteiger partial charge in [0, 0.05) is 11.8 Å². The van der Waals surface area contributed by atoms with E-state index in [1.54, 1.807) is 18.9 Å². The second-order valence-corrected chi connectivity index (χ2v) is 6.63. The van der Waals surface area contributed by atoms with Crippen molar-refractivity contribution in [2.75, 3.05) is 19.0 Å². The Bertz CT molecular complexity index is 430. The van der Waals surface area contributed by atoms with Gasteiger partial charge in [-0.05, 0) is 25.2 Å². The second kappa shape index (κ2) is 7.67. The summed E-state index contributed by atoms with van der Waals surface area (Å²) in [6.45, 7) is 5.30. The van der Waals surface area contributed by atoms with E-state index in [9.17, 15) is 0 Å². The molecule has 1 saturated carbocycles. The summed E-state index contributed by atoms with van der Waals surface area (Å²) in [6.07, 6.45) is 6.19. The molecular formula is C14H24N4OS. The van der Waals surface area contributed by atoms with E-state index in [-0.39, 0.29) is 0 Å². The van der Waals surface area contributed by atoms with Crippen molar-refractivity contribution in [1.29, 1.82) is 0 Å². The number of hydrogen-bond acceptors (Lipinski definition) is 6. The Morgan fingerprint density at radius 2 is 2.15 bits per heavy atom. The van der Waals surface area contributed by atoms with Gasteiger partial charge in [0.15, 0.2) is 5.16 Å². The molecule has 0 bridgehead atoms. The van der Waals surface area contributed by atoms with Crippen molar-refractivity contribution < 1.29 is 4.74 Å². The topological polar surface area (TPSA) is 59.9 Å². The molecule has 2 unspecified atom stereocenters. The first kappa shape index (κ1) is 15.4. The minimum atomic E-state index is 0.393. The summed E-state index contributed by atoms with van der Waals surface area (Å²) < 4.78 is 5.17. The summed E-state index contributed by atoms with van der Waals surface area (Å²) in [6, 6.07) is 0.393. The average molecular weight is 296 g/mol. The predicted molar refractivity (Wildman–Crippen MR) is 82.4 cm³/mol. The predicted octanol–water partition coefficient (Wildman–Crippen LogP) is 3.37. The zero-order chi connectivity index (χ0) is 14.4. The number of nitrogens with zero attached hydrogens (tertiary/aromatic N) is 3. The highest BCUT2D eigenvalue weighted by atomic mass is 32.2. The molecule has 5 nitrogen and oxygen atoms in total. The fourth-order valence-corrected chi connectivity index (χ4v) is 3.71. The maximum atomic E-state index is 5.17. The van der Waals surface area contributed by atoms with Crippen LogP contribution < -0.4 is 10.1 Å². The van der Waals surface area contributed by atoms with Gasteiger partial charge in [-0.1, -0.05) is 38.5 Å². The van der Waals surface area contributed by atoms with Crippen LogP contribution in [0.2, 0.25) is 0 Å². The second-order valence-electron chi connectivity index (χ2n) is 5.37. The van der Waals surface area contributed by atoms with Crippen LogP contribution in [0.5, 0.6) is 6.01 Å². The summed E-state index contributed by atoms with van der Waals surface area (Å²) in [4.78, 5) is 13.1. The summed E-state index contributed by atoms with van der Waals surface area (Å²) in [5.41, 5.74) is 0. The average Bonchev–Trinajstić information content (AvgIpc) is 2.45. The Balaban J connectivity index is 2.05. The molecular weight excluding hydrogens is 272 g/mol. The van der Waals surface area contributed by atoms with Gasteiger partial charge in [0.2, 0.25) is 5.95 Å². The van der Waals surface area contributed by atoms with Crippen LogP contribution in [-0.2, 0) is 0 Å². The van der Waals surface area contributed by atoms with Gasteiger partial charge in [-0.15, -0.1) is 0 Å². The Hall–Kier alpha value is -1.04. The summed E-state index contributed by atoms with van der Waals surface area (Å²) in [7, 11) is 1.59. The molecule has 1 aliphatic carbocycles. The van der Waals surface area contributed by atoms with Crippen molar-refractivity contribution in [2.24, 2.45) is 5.92 Å². The Kier molecular flexibility index (Phi) is 5.88. The lowest BCUT2D eigenvalue weighted by Crippen LogP contribution is -2.16. The molecule has 1 aliphatic rings. The normalized spacial score (nSPS) is 22.6. The molecule has 2 rings (SSSR count). The molecule has 1 aromatic rings. The van der Waals surface area contributed by atoms with Gasteiger partial charge < -0.3 is 10.1 Å². The zero-order valence-corrected chi connectivity index (χ0v) is 13.4. The van der Waals surface area contributed by atoms with Gasteiger partial charge >= 0.3 is 6.01 Å². The van der Waals surface area contributed by atoms with Gasteiger partial charge in [0.1, 0.15) is 0 Å². The number of ether oxygens (including phenoxy) is 1. The SMILES string of the molecule is CCCNc1nc(OC)nc(SC2CCCC(C)C2)n1. The first-order valence-corrected chi connectivity index (χ1v) is 8.29. The smallest absolute Gasteiger partial charge is 0.321 e. The van der Waals surface area contributed by atoms with Crippen molar-refractivity contribution in [3.8, 4) is 6.01 Å². The zero-order valence-electron chi connectivity index (χ0n) is 12.6. The highest BCUT2D eigenvalue weighted by Gasteiger charge is 2.21. The quantitative estimate of drug-likeness (QED) is 0.868. The van der Waals surface area contributed by atoms with Crippen molar-refractivity contribution >= 4 is 17.7 Å². The first-order valence-electron chi connectivity index (χ1n) is 7.41. The lowest BCUT2D eigenvalue weighted by atomic mass is 9.91. The van der Waals surface area contributed by atoms with Gasteiger partial charge in [-0.2, -0.15) is 15.0 Å². The molecule has 0 radical (unpaired) electrons. The number of rotatable bonds is 6. The molecule has 0 saturated heterocycles. The maximum Gasteiger partial charge on any atom is 0.321 e. The Morgan fingerprint density at radius 1 is 1.30 bits per heavy atom. The molecule has 2 atom stereocenters. The fraction of sp³-hybridized carbons (Fsp3) is 0.786. The van der Waals surface area contributed by atoms with E-state index in [4.69, 9.17) is 4.74 Å². The Labute approximate surface area is 125 Å². The van der Waals surface area contributed by atoms with Gasteiger partial charge in [-0.3, -0.25) is 0 Å². The fourth-order valence-electron chi connectivity index (χ4n) is 2.43. The molecule has 0 amide bonds. The highest BCUT2D eigenvalue weighted by Crippen LogP contribution is 2.35. The monoisotopic (exact) mass is 296 g/mol. The Morgan fingerprint density at radius 3 is 2.85 bits per heavy atom. The van der Waals surface area contributed by atoms with E-state index in [1.165, 1.54) is 25.7 Å². The van der Waals surface area contributed by atoms with Crippen molar-refractivity contribution in [3.63, 3.8) is 0 Å². The summed E-state index contributed by atoms with van der Waals surface area (Å²) in [5.74, 6) is 1.42. The lowest BCUT2D eigenvalue weighted by Gasteiger charge is -2.25. The standard InChI is InChI=1S/C14H24N4OS/c1-4-8-15-12-16-13(19-3)18-14(17-12)20-11-7-5-6-10(2)9-11/h10-11H,4-9H2,1-3H3,(H,15,16,17,18). The molecule has 1 fully saturated rings. The van der Waals surface area contributed by atoms with E-state index in [1.807, 2.05) is 0 Å². The molecule has 1 heterocycles. The van der Waals surface area contributed by atoms with E-state index >= 15 is 0 Å². The summed E-state index contributed by atoms with van der Waals surface area (Å²) >= 11 is 1.76. The lowest BCUT2D eigenvalue weighted by molar-refractivity contribution is 0.373. The third kappa shape index (κ3) is 4.51. The highest BCUT2D eigenvalue weighted by molar-refractivity contribution is 7.99. The van der Waals surface area contributed by atoms with Crippen LogP contribution in [0.4, 0.5) is 5.95 Å². The third-order valence-corrected chi connectivity index (χ3v) is 4.63. The molecule has 0 aromatic carbocycles. The van der Waals surface area contributed by atoms with Crippen LogP contribution in [0.25, 0.3) is 0 Å². The number of anilines is 1. The number of methoxy groups -OCH3 is 1.